The zero-order valence-electron chi connectivity index (χ0n) is 11.0. The number of rotatable bonds is 3. The summed E-state index contributed by atoms with van der Waals surface area (Å²) in [5.41, 5.74) is 3.72. The van der Waals surface area contributed by atoms with Crippen molar-refractivity contribution < 1.29 is 5.11 Å². The third kappa shape index (κ3) is 2.19. The number of aryl methyl sites for hydroxylation is 3. The predicted octanol–water partition coefficient (Wildman–Crippen LogP) is 3.64. The van der Waals surface area contributed by atoms with E-state index in [0.717, 1.165) is 16.7 Å². The zero-order chi connectivity index (χ0) is 12.5. The molecule has 1 N–H and O–H groups in total. The monoisotopic (exact) mass is 218 g/mol. The number of benzene rings is 1. The summed E-state index contributed by atoms with van der Waals surface area (Å²) in [6.07, 6.45) is 1.80. The van der Waals surface area contributed by atoms with Crippen LogP contribution >= 0.6 is 0 Å². The molecule has 0 bridgehead atoms. The predicted molar refractivity (Wildman–Crippen MR) is 69.6 cm³/mol. The molecule has 0 fully saturated rings. The lowest BCUT2D eigenvalue weighted by atomic mass is 9.79. The first kappa shape index (κ1) is 13.0. The highest BCUT2D eigenvalue weighted by atomic mass is 16.3. The van der Waals surface area contributed by atoms with Gasteiger partial charge in [0.1, 0.15) is 0 Å². The van der Waals surface area contributed by atoms with Crippen molar-refractivity contribution >= 4 is 0 Å². The first-order valence-electron chi connectivity index (χ1n) is 5.74. The molecule has 0 heterocycles. The molecule has 0 radical (unpaired) electrons. The number of hydrogen-bond acceptors (Lipinski definition) is 1. The summed E-state index contributed by atoms with van der Waals surface area (Å²) in [6, 6.07) is 4.24. The van der Waals surface area contributed by atoms with Gasteiger partial charge in [-0.3, -0.25) is 0 Å². The van der Waals surface area contributed by atoms with E-state index in [0.29, 0.717) is 0 Å². The van der Waals surface area contributed by atoms with Gasteiger partial charge in [0, 0.05) is 5.92 Å². The van der Waals surface area contributed by atoms with Crippen LogP contribution in [0.2, 0.25) is 0 Å². The molecule has 0 aliphatic carbocycles. The molecule has 0 saturated carbocycles. The van der Waals surface area contributed by atoms with Crippen molar-refractivity contribution in [3.63, 3.8) is 0 Å². The molecule has 88 valence electrons. The lowest BCUT2D eigenvalue weighted by Gasteiger charge is -2.32. The Morgan fingerprint density at radius 1 is 1.25 bits per heavy atom. The first-order valence-corrected chi connectivity index (χ1v) is 5.74. The molecule has 0 spiro atoms. The molecular formula is C15H22O. The summed E-state index contributed by atoms with van der Waals surface area (Å²) in [5, 5.41) is 10.6. The molecule has 1 rings (SSSR count). The van der Waals surface area contributed by atoms with Crippen LogP contribution in [0, 0.1) is 26.7 Å². The summed E-state index contributed by atoms with van der Waals surface area (Å²) in [4.78, 5) is 0. The molecule has 0 aliphatic rings. The van der Waals surface area contributed by atoms with Crippen molar-refractivity contribution in [3.8, 4) is 0 Å². The van der Waals surface area contributed by atoms with E-state index in [-0.39, 0.29) is 5.92 Å². The second-order valence-corrected chi connectivity index (χ2v) is 4.95. The van der Waals surface area contributed by atoms with Gasteiger partial charge >= 0.3 is 0 Å². The Labute approximate surface area is 98.8 Å². The van der Waals surface area contributed by atoms with Gasteiger partial charge < -0.3 is 5.11 Å². The van der Waals surface area contributed by atoms with E-state index in [1.165, 1.54) is 5.56 Å². The van der Waals surface area contributed by atoms with E-state index in [2.05, 4.69) is 39.5 Å². The van der Waals surface area contributed by atoms with Crippen LogP contribution in [-0.4, -0.2) is 5.11 Å². The maximum Gasteiger partial charge on any atom is 0.0933 e. The summed E-state index contributed by atoms with van der Waals surface area (Å²) in [7, 11) is 0. The molecule has 16 heavy (non-hydrogen) atoms. The standard InChI is InChI=1S/C15H22O/c1-7-13(5)15(6,16)14-11(3)8-10(2)9-12(14)4/h7-9,13,16H,1H2,2-6H3/t13-,15+/m0/s1. The van der Waals surface area contributed by atoms with Crippen molar-refractivity contribution in [2.45, 2.75) is 40.2 Å². The van der Waals surface area contributed by atoms with Crippen LogP contribution in [0.3, 0.4) is 0 Å². The zero-order valence-corrected chi connectivity index (χ0v) is 11.0. The lowest BCUT2D eigenvalue weighted by molar-refractivity contribution is 0.0193. The third-order valence-electron chi connectivity index (χ3n) is 3.42. The molecule has 1 heteroatoms. The molecular weight excluding hydrogens is 196 g/mol. The largest absolute Gasteiger partial charge is 0.385 e. The second-order valence-electron chi connectivity index (χ2n) is 4.95. The highest BCUT2D eigenvalue weighted by molar-refractivity contribution is 5.41. The fourth-order valence-electron chi connectivity index (χ4n) is 2.44. The summed E-state index contributed by atoms with van der Waals surface area (Å²) >= 11 is 0. The third-order valence-corrected chi connectivity index (χ3v) is 3.42. The van der Waals surface area contributed by atoms with Crippen LogP contribution in [-0.2, 0) is 5.60 Å². The quantitative estimate of drug-likeness (QED) is 0.768. The number of aliphatic hydroxyl groups is 1. The van der Waals surface area contributed by atoms with E-state index in [1.54, 1.807) is 6.08 Å². The Bertz CT molecular complexity index is 379. The van der Waals surface area contributed by atoms with Gasteiger partial charge in [0.15, 0.2) is 0 Å². The molecule has 1 nitrogen and oxygen atoms in total. The van der Waals surface area contributed by atoms with Crippen LogP contribution in [0.4, 0.5) is 0 Å². The summed E-state index contributed by atoms with van der Waals surface area (Å²) in [6.45, 7) is 13.8. The highest BCUT2D eigenvalue weighted by Gasteiger charge is 2.31. The van der Waals surface area contributed by atoms with Gasteiger partial charge in [-0.1, -0.05) is 30.7 Å². The van der Waals surface area contributed by atoms with Gasteiger partial charge in [-0.15, -0.1) is 6.58 Å². The van der Waals surface area contributed by atoms with Gasteiger partial charge in [0.2, 0.25) is 0 Å². The molecule has 1 aromatic carbocycles. The van der Waals surface area contributed by atoms with Crippen molar-refractivity contribution in [3.05, 3.63) is 47.0 Å². The lowest BCUT2D eigenvalue weighted by Crippen LogP contribution is -2.30. The van der Waals surface area contributed by atoms with E-state index >= 15 is 0 Å². The van der Waals surface area contributed by atoms with Crippen LogP contribution < -0.4 is 0 Å². The normalized spacial score (nSPS) is 16.6. The maximum absolute atomic E-state index is 10.6. The highest BCUT2D eigenvalue weighted by Crippen LogP contribution is 2.34. The molecule has 0 saturated heterocycles. The van der Waals surface area contributed by atoms with E-state index in [4.69, 9.17) is 0 Å². The fraction of sp³-hybridized carbons (Fsp3) is 0.467. The average Bonchev–Trinajstić information content (AvgIpc) is 2.14. The Morgan fingerprint density at radius 3 is 2.06 bits per heavy atom. The van der Waals surface area contributed by atoms with E-state index in [9.17, 15) is 5.11 Å². The van der Waals surface area contributed by atoms with E-state index < -0.39 is 5.60 Å². The second kappa shape index (κ2) is 4.42. The van der Waals surface area contributed by atoms with E-state index in [1.807, 2.05) is 13.8 Å². The van der Waals surface area contributed by atoms with Gasteiger partial charge in [0.05, 0.1) is 5.60 Å². The summed E-state index contributed by atoms with van der Waals surface area (Å²) < 4.78 is 0. The molecule has 1 aromatic rings. The Hall–Kier alpha value is -1.08. The van der Waals surface area contributed by atoms with Gasteiger partial charge in [-0.05, 0) is 44.4 Å². The van der Waals surface area contributed by atoms with Crippen molar-refractivity contribution in [2.75, 3.05) is 0 Å². The molecule has 0 unspecified atom stereocenters. The Kier molecular flexibility index (Phi) is 3.59. The van der Waals surface area contributed by atoms with Crippen molar-refractivity contribution in [1.29, 1.82) is 0 Å². The Morgan fingerprint density at radius 2 is 1.69 bits per heavy atom. The molecule has 0 aromatic heterocycles. The Balaban J connectivity index is 3.38. The van der Waals surface area contributed by atoms with Crippen LogP contribution in [0.15, 0.2) is 24.8 Å². The minimum atomic E-state index is -0.844. The van der Waals surface area contributed by atoms with Gasteiger partial charge in [-0.2, -0.15) is 0 Å². The molecule has 0 aliphatic heterocycles. The molecule has 0 amide bonds. The number of hydrogen-bond donors (Lipinski definition) is 1. The first-order chi connectivity index (χ1) is 7.30. The average molecular weight is 218 g/mol. The fourth-order valence-corrected chi connectivity index (χ4v) is 2.44. The van der Waals surface area contributed by atoms with Crippen LogP contribution in [0.25, 0.3) is 0 Å². The van der Waals surface area contributed by atoms with Crippen LogP contribution in [0.5, 0.6) is 0 Å². The van der Waals surface area contributed by atoms with Gasteiger partial charge in [-0.25, -0.2) is 0 Å². The summed E-state index contributed by atoms with van der Waals surface area (Å²) in [5.74, 6) is 0.0348. The van der Waals surface area contributed by atoms with Gasteiger partial charge in [0.25, 0.3) is 0 Å². The topological polar surface area (TPSA) is 20.2 Å². The smallest absolute Gasteiger partial charge is 0.0933 e. The minimum absolute atomic E-state index is 0.0348. The SMILES string of the molecule is C=C[C@H](C)[C@@](C)(O)c1c(C)cc(C)cc1C. The maximum atomic E-state index is 10.6. The van der Waals surface area contributed by atoms with Crippen molar-refractivity contribution in [2.24, 2.45) is 5.92 Å². The minimum Gasteiger partial charge on any atom is -0.385 e. The van der Waals surface area contributed by atoms with Crippen molar-refractivity contribution in [1.82, 2.24) is 0 Å². The van der Waals surface area contributed by atoms with Crippen LogP contribution in [0.1, 0.15) is 36.1 Å². The molecule has 2 atom stereocenters.